The van der Waals surface area contributed by atoms with Crippen LogP contribution in [0.1, 0.15) is 27.7 Å². The number of nitro benzene ring substituents is 1. The minimum atomic E-state index is -4.21. The summed E-state index contributed by atoms with van der Waals surface area (Å²) in [6.45, 7) is 6.58. The van der Waals surface area contributed by atoms with Gasteiger partial charge in [-0.1, -0.05) is 12.1 Å². The zero-order valence-corrected chi connectivity index (χ0v) is 17.9. The predicted octanol–water partition coefficient (Wildman–Crippen LogP) is 0.906. The van der Waals surface area contributed by atoms with E-state index in [1.807, 2.05) is 0 Å². The minimum absolute atomic E-state index is 0.142. The van der Waals surface area contributed by atoms with Gasteiger partial charge in [0.05, 0.1) is 11.5 Å². The molecule has 2 aliphatic rings. The van der Waals surface area contributed by atoms with Crippen molar-refractivity contribution in [2.45, 2.75) is 68.6 Å². The molecule has 3 rings (SSSR count). The molecule has 0 amide bonds. The first kappa shape index (κ1) is 23.0. The maximum atomic E-state index is 12.7. The molecule has 1 aromatic carbocycles. The van der Waals surface area contributed by atoms with Gasteiger partial charge in [0.25, 0.3) is 5.69 Å². The van der Waals surface area contributed by atoms with Gasteiger partial charge in [-0.25, -0.2) is 13.1 Å². The summed E-state index contributed by atoms with van der Waals surface area (Å²) in [5, 5.41) is 21.9. The molecular formula is C18H26N2O9S. The van der Waals surface area contributed by atoms with E-state index in [0.717, 1.165) is 12.1 Å². The number of aliphatic hydroxyl groups is 1. The Morgan fingerprint density at radius 3 is 2.47 bits per heavy atom. The Hall–Kier alpha value is -1.67. The van der Waals surface area contributed by atoms with E-state index < -0.39 is 61.5 Å². The smallest absolute Gasteiger partial charge is 0.289 e. The van der Waals surface area contributed by atoms with Crippen molar-refractivity contribution in [1.82, 2.24) is 4.72 Å². The molecule has 0 spiro atoms. The van der Waals surface area contributed by atoms with Gasteiger partial charge in [-0.3, -0.25) is 10.1 Å². The zero-order chi connectivity index (χ0) is 22.3. The fourth-order valence-electron chi connectivity index (χ4n) is 3.51. The van der Waals surface area contributed by atoms with E-state index in [1.165, 1.54) is 12.1 Å². The Labute approximate surface area is 174 Å². The summed E-state index contributed by atoms with van der Waals surface area (Å²) >= 11 is 0. The third-order valence-electron chi connectivity index (χ3n) is 4.80. The van der Waals surface area contributed by atoms with Crippen LogP contribution in [-0.4, -0.2) is 67.6 Å². The molecule has 0 aliphatic carbocycles. The van der Waals surface area contributed by atoms with E-state index in [0.29, 0.717) is 0 Å². The third-order valence-corrected chi connectivity index (χ3v) is 6.27. The summed E-state index contributed by atoms with van der Waals surface area (Å²) in [6, 6.07) is 5.03. The van der Waals surface area contributed by atoms with Crippen LogP contribution in [0.25, 0.3) is 0 Å². The molecular weight excluding hydrogens is 420 g/mol. The summed E-state index contributed by atoms with van der Waals surface area (Å²) in [5.41, 5.74) is -0.538. The molecule has 2 aliphatic heterocycles. The average molecular weight is 446 g/mol. The number of benzene rings is 1. The first-order chi connectivity index (χ1) is 13.8. The van der Waals surface area contributed by atoms with Crippen molar-refractivity contribution in [1.29, 1.82) is 0 Å². The summed E-state index contributed by atoms with van der Waals surface area (Å²) in [6.07, 6.45) is -3.60. The Morgan fingerprint density at radius 1 is 1.20 bits per heavy atom. The highest BCUT2D eigenvalue weighted by molar-refractivity contribution is 7.89. The number of rotatable bonds is 7. The molecule has 4 atom stereocenters. The summed E-state index contributed by atoms with van der Waals surface area (Å²) < 4.78 is 50.4. The molecule has 0 saturated carbocycles. The van der Waals surface area contributed by atoms with Gasteiger partial charge in [0.2, 0.25) is 10.0 Å². The number of ether oxygens (including phenoxy) is 4. The maximum absolute atomic E-state index is 12.7. The monoisotopic (exact) mass is 446 g/mol. The Morgan fingerprint density at radius 2 is 1.87 bits per heavy atom. The second-order valence-electron chi connectivity index (χ2n) is 8.07. The van der Waals surface area contributed by atoms with Gasteiger partial charge in [0, 0.05) is 12.6 Å². The fraction of sp³-hybridized carbons (Fsp3) is 0.667. The highest BCUT2D eigenvalue weighted by Crippen LogP contribution is 2.34. The van der Waals surface area contributed by atoms with Crippen LogP contribution in [0.4, 0.5) is 5.69 Å². The van der Waals surface area contributed by atoms with Gasteiger partial charge >= 0.3 is 0 Å². The predicted molar refractivity (Wildman–Crippen MR) is 103 cm³/mol. The van der Waals surface area contributed by atoms with Crippen molar-refractivity contribution in [2.75, 3.05) is 13.2 Å². The Balaban J connectivity index is 1.75. The number of hydrogen-bond donors (Lipinski definition) is 2. The van der Waals surface area contributed by atoms with Crippen molar-refractivity contribution >= 4 is 15.7 Å². The van der Waals surface area contributed by atoms with Crippen molar-refractivity contribution in [2.24, 2.45) is 0 Å². The van der Waals surface area contributed by atoms with Gasteiger partial charge in [0.1, 0.15) is 24.4 Å². The molecule has 30 heavy (non-hydrogen) atoms. The molecule has 2 saturated heterocycles. The van der Waals surface area contributed by atoms with Crippen LogP contribution >= 0.6 is 0 Å². The largest absolute Gasteiger partial charge is 0.387 e. The molecule has 168 valence electrons. The number of aliphatic hydroxyl groups excluding tert-OH is 1. The van der Waals surface area contributed by atoms with Gasteiger partial charge in [0.15, 0.2) is 16.5 Å². The lowest BCUT2D eigenvalue weighted by Gasteiger charge is -2.27. The molecule has 2 fully saturated rings. The second-order valence-corrected chi connectivity index (χ2v) is 9.81. The highest BCUT2D eigenvalue weighted by Gasteiger charge is 2.50. The van der Waals surface area contributed by atoms with Crippen molar-refractivity contribution in [3.8, 4) is 0 Å². The molecule has 0 aromatic heterocycles. The lowest BCUT2D eigenvalue weighted by Crippen LogP contribution is -2.48. The number of sulfonamides is 1. The van der Waals surface area contributed by atoms with E-state index in [9.17, 15) is 23.6 Å². The quantitative estimate of drug-likeness (QED) is 0.461. The van der Waals surface area contributed by atoms with Crippen LogP contribution in [0, 0.1) is 10.1 Å². The second kappa shape index (κ2) is 8.11. The number of nitrogens with zero attached hydrogens (tertiary/aromatic N) is 1. The van der Waals surface area contributed by atoms with Crippen LogP contribution in [0.2, 0.25) is 0 Å². The first-order valence-corrected chi connectivity index (χ1v) is 10.9. The normalized spacial score (nSPS) is 29.0. The molecule has 2 N–H and O–H groups in total. The van der Waals surface area contributed by atoms with Crippen LogP contribution < -0.4 is 4.72 Å². The SMILES string of the molecule is CC1(C)OC[C@H]([C@@H](O)[C@@H]2OC(C)(C)O[C@@H]2CNS(=O)(=O)c2ccccc2[N+](=O)[O-])O1. The standard InChI is InChI=1S/C18H26N2O9S/c1-17(2)26-10-13(28-17)15(21)16-12(27-18(3,4)29-16)9-19-30(24,25)14-8-6-5-7-11(14)20(22)23/h5-8,12-13,15-16,19,21H,9-10H2,1-4H3/t12-,13-,15-,16-/m1/s1. The van der Waals surface area contributed by atoms with Crippen molar-refractivity contribution in [3.63, 3.8) is 0 Å². The summed E-state index contributed by atoms with van der Waals surface area (Å²) in [4.78, 5) is 9.94. The molecule has 12 heteroatoms. The minimum Gasteiger partial charge on any atom is -0.387 e. The van der Waals surface area contributed by atoms with Gasteiger partial charge in [-0.15, -0.1) is 0 Å². The fourth-order valence-corrected chi connectivity index (χ4v) is 4.73. The Kier molecular flexibility index (Phi) is 6.22. The van der Waals surface area contributed by atoms with E-state index >= 15 is 0 Å². The highest BCUT2D eigenvalue weighted by atomic mass is 32.2. The maximum Gasteiger partial charge on any atom is 0.289 e. The summed E-state index contributed by atoms with van der Waals surface area (Å²) in [5.74, 6) is -1.93. The van der Waals surface area contributed by atoms with Crippen LogP contribution in [0.15, 0.2) is 29.2 Å². The lowest BCUT2D eigenvalue weighted by atomic mass is 10.0. The van der Waals surface area contributed by atoms with Gasteiger partial charge in [-0.05, 0) is 33.8 Å². The number of nitro groups is 1. The third kappa shape index (κ3) is 4.97. The van der Waals surface area contributed by atoms with E-state index in [4.69, 9.17) is 18.9 Å². The van der Waals surface area contributed by atoms with Gasteiger partial charge in [-0.2, -0.15) is 0 Å². The van der Waals surface area contributed by atoms with Crippen molar-refractivity contribution in [3.05, 3.63) is 34.4 Å². The van der Waals surface area contributed by atoms with Crippen LogP contribution in [-0.2, 0) is 29.0 Å². The van der Waals surface area contributed by atoms with Gasteiger partial charge < -0.3 is 24.1 Å². The van der Waals surface area contributed by atoms with Crippen LogP contribution in [0.5, 0.6) is 0 Å². The number of hydrogen-bond acceptors (Lipinski definition) is 9. The topological polar surface area (TPSA) is 146 Å². The van der Waals surface area contributed by atoms with Crippen LogP contribution in [0.3, 0.4) is 0 Å². The summed E-state index contributed by atoms with van der Waals surface area (Å²) in [7, 11) is -4.21. The Bertz CT molecular complexity index is 903. The first-order valence-electron chi connectivity index (χ1n) is 9.40. The van der Waals surface area contributed by atoms with E-state index in [2.05, 4.69) is 4.72 Å². The molecule has 0 radical (unpaired) electrons. The number of nitrogens with one attached hydrogen (secondary N) is 1. The average Bonchev–Trinajstić information content (AvgIpc) is 3.17. The van der Waals surface area contributed by atoms with E-state index in [-0.39, 0.29) is 13.2 Å². The lowest BCUT2D eigenvalue weighted by molar-refractivity contribution is -0.387. The molecule has 11 nitrogen and oxygen atoms in total. The zero-order valence-electron chi connectivity index (χ0n) is 17.1. The molecule has 0 unspecified atom stereocenters. The molecule has 2 heterocycles. The van der Waals surface area contributed by atoms with Crippen molar-refractivity contribution < 1.29 is 37.4 Å². The molecule has 0 bridgehead atoms. The van der Waals surface area contributed by atoms with E-state index in [1.54, 1.807) is 27.7 Å². The molecule has 1 aromatic rings. The number of para-hydroxylation sites is 1.